The molecule has 2 aromatic heterocycles. The Balaban J connectivity index is 1.39. The van der Waals surface area contributed by atoms with Gasteiger partial charge in [0.2, 0.25) is 0 Å². The highest BCUT2D eigenvalue weighted by molar-refractivity contribution is 6.12. The maximum atomic E-state index is 13.1. The quantitative estimate of drug-likeness (QED) is 0.148. The Hall–Kier alpha value is -5.22. The van der Waals surface area contributed by atoms with E-state index in [1.165, 1.54) is 0 Å². The van der Waals surface area contributed by atoms with Crippen molar-refractivity contribution >= 4 is 50.9 Å². The Morgan fingerprint density at radius 2 is 1.66 bits per heavy atom. The molecular formula is C31H30N6O4. The third-order valence-electron chi connectivity index (χ3n) is 6.42. The van der Waals surface area contributed by atoms with Crippen molar-refractivity contribution in [2.75, 3.05) is 37.8 Å². The Labute approximate surface area is 236 Å². The fraction of sp³-hybridized carbons (Fsp3) is 0.161. The maximum Gasteiger partial charge on any atom is 0.412 e. The molecule has 0 aliphatic rings. The second-order valence-electron chi connectivity index (χ2n) is 9.71. The van der Waals surface area contributed by atoms with Gasteiger partial charge in [0.15, 0.2) is 0 Å². The summed E-state index contributed by atoms with van der Waals surface area (Å²) < 4.78 is 5.54. The predicted molar refractivity (Wildman–Crippen MR) is 161 cm³/mol. The molecule has 0 atom stereocenters. The number of amides is 2. The van der Waals surface area contributed by atoms with E-state index in [2.05, 4.69) is 25.9 Å². The van der Waals surface area contributed by atoms with Crippen LogP contribution < -0.4 is 26.2 Å². The molecule has 208 valence electrons. The summed E-state index contributed by atoms with van der Waals surface area (Å²) in [6.07, 6.45) is 1.74. The molecule has 41 heavy (non-hydrogen) atoms. The molecule has 0 bridgehead atoms. The highest BCUT2D eigenvalue weighted by Crippen LogP contribution is 2.33. The molecular weight excluding hydrogens is 520 g/mol. The largest absolute Gasteiger partial charge is 0.412 e. The number of fused-ring (bicyclic) bond motifs is 3. The number of ether oxygens (including phenoxy) is 1. The van der Waals surface area contributed by atoms with Crippen molar-refractivity contribution in [2.45, 2.75) is 6.42 Å². The van der Waals surface area contributed by atoms with Crippen molar-refractivity contribution in [3.8, 4) is 5.75 Å². The number of pyridine rings is 2. The van der Waals surface area contributed by atoms with Gasteiger partial charge in [-0.05, 0) is 75.6 Å². The second-order valence-corrected chi connectivity index (χ2v) is 9.71. The molecule has 0 aliphatic carbocycles. The van der Waals surface area contributed by atoms with Gasteiger partial charge in [0, 0.05) is 40.5 Å². The summed E-state index contributed by atoms with van der Waals surface area (Å²) in [7, 11) is 3.93. The van der Waals surface area contributed by atoms with E-state index in [0.29, 0.717) is 39.9 Å². The predicted octanol–water partition coefficient (Wildman–Crippen LogP) is 5.11. The average Bonchev–Trinajstić information content (AvgIpc) is 2.97. The Morgan fingerprint density at radius 3 is 2.41 bits per heavy atom. The third-order valence-corrected chi connectivity index (χ3v) is 6.42. The van der Waals surface area contributed by atoms with Gasteiger partial charge in [-0.15, -0.1) is 0 Å². The number of nitrogens with zero attached hydrogens (tertiary/aromatic N) is 2. The van der Waals surface area contributed by atoms with Gasteiger partial charge in [0.1, 0.15) is 11.4 Å². The number of anilines is 3. The van der Waals surface area contributed by atoms with Crippen LogP contribution in [0.4, 0.5) is 21.9 Å². The number of H-pyrrole nitrogens is 1. The van der Waals surface area contributed by atoms with E-state index in [4.69, 9.17) is 4.74 Å². The molecule has 0 unspecified atom stereocenters. The molecule has 0 aliphatic heterocycles. The minimum Gasteiger partial charge on any atom is -0.409 e. The van der Waals surface area contributed by atoms with Crippen LogP contribution in [0, 0.1) is 0 Å². The first kappa shape index (κ1) is 27.4. The second kappa shape index (κ2) is 12.3. The van der Waals surface area contributed by atoms with E-state index in [0.717, 1.165) is 18.7 Å². The minimum absolute atomic E-state index is 0.157. The van der Waals surface area contributed by atoms with E-state index < -0.39 is 11.7 Å². The van der Waals surface area contributed by atoms with Gasteiger partial charge in [0.05, 0.1) is 11.1 Å². The first-order valence-corrected chi connectivity index (χ1v) is 13.2. The summed E-state index contributed by atoms with van der Waals surface area (Å²) in [5, 5.41) is 10.5. The van der Waals surface area contributed by atoms with Crippen LogP contribution in [0.2, 0.25) is 0 Å². The van der Waals surface area contributed by atoms with Crippen molar-refractivity contribution in [1.29, 1.82) is 0 Å². The summed E-state index contributed by atoms with van der Waals surface area (Å²) in [6.45, 7) is 1.28. The topological polar surface area (TPSA) is 128 Å². The Bertz CT molecular complexity index is 1750. The summed E-state index contributed by atoms with van der Waals surface area (Å²) in [4.78, 5) is 47.2. The molecule has 2 amide bonds. The molecule has 4 N–H and O–H groups in total. The molecule has 0 fully saturated rings. The van der Waals surface area contributed by atoms with Crippen LogP contribution in [0.3, 0.4) is 0 Å². The SMILES string of the molecule is CN(C)CCCNC(=O)Oc1cccc2c1c(=O)[nH]c1nccc(Nc3ccc(NC(=O)c4ccccc4)cc3)c12. The van der Waals surface area contributed by atoms with E-state index in [-0.39, 0.29) is 17.0 Å². The van der Waals surface area contributed by atoms with Crippen molar-refractivity contribution in [3.63, 3.8) is 0 Å². The van der Waals surface area contributed by atoms with Crippen molar-refractivity contribution in [3.05, 3.63) is 101 Å². The fourth-order valence-corrected chi connectivity index (χ4v) is 4.47. The molecule has 3 aromatic carbocycles. The number of carbonyl (C=O) groups excluding carboxylic acids is 2. The van der Waals surface area contributed by atoms with E-state index in [1.807, 2.05) is 49.3 Å². The number of hydrogen-bond acceptors (Lipinski definition) is 7. The third kappa shape index (κ3) is 6.51. The standard InChI is InChI=1S/C31H30N6O4/c1-37(2)19-7-17-33-31(40)41-25-11-6-10-23-26-24(16-18-32-28(26)36-30(39)27(23)25)34-21-12-14-22(15-13-21)35-29(38)20-8-4-3-5-9-20/h3-6,8-16,18H,7,17,19H2,1-2H3,(H,33,40)(H,35,38)(H2,32,34,36,39). The van der Waals surface area contributed by atoms with Gasteiger partial charge in [-0.1, -0.05) is 30.3 Å². The normalized spacial score (nSPS) is 11.0. The summed E-state index contributed by atoms with van der Waals surface area (Å²) in [5.74, 6) is -0.0359. The van der Waals surface area contributed by atoms with E-state index in [1.54, 1.807) is 54.7 Å². The van der Waals surface area contributed by atoms with Crippen LogP contribution in [-0.2, 0) is 0 Å². The van der Waals surface area contributed by atoms with Gasteiger partial charge >= 0.3 is 6.09 Å². The van der Waals surface area contributed by atoms with Crippen LogP contribution in [0.1, 0.15) is 16.8 Å². The van der Waals surface area contributed by atoms with E-state index in [9.17, 15) is 14.4 Å². The molecule has 0 radical (unpaired) electrons. The first-order chi connectivity index (χ1) is 19.9. The maximum absolute atomic E-state index is 13.1. The Morgan fingerprint density at radius 1 is 0.902 bits per heavy atom. The van der Waals surface area contributed by atoms with Crippen LogP contribution >= 0.6 is 0 Å². The summed E-state index contributed by atoms with van der Waals surface area (Å²) >= 11 is 0. The molecule has 0 saturated heterocycles. The van der Waals surface area contributed by atoms with Gasteiger partial charge in [-0.25, -0.2) is 9.78 Å². The van der Waals surface area contributed by atoms with E-state index >= 15 is 0 Å². The number of carbonyl (C=O) groups is 2. The Kier molecular flexibility index (Phi) is 8.21. The number of aromatic amines is 1. The highest BCUT2D eigenvalue weighted by atomic mass is 16.6. The number of aromatic nitrogens is 2. The van der Waals surface area contributed by atoms with Gasteiger partial charge < -0.3 is 30.6 Å². The minimum atomic E-state index is -0.625. The monoisotopic (exact) mass is 550 g/mol. The van der Waals surface area contributed by atoms with Gasteiger partial charge in [-0.2, -0.15) is 0 Å². The molecule has 0 saturated carbocycles. The van der Waals surface area contributed by atoms with Crippen LogP contribution in [0.15, 0.2) is 89.9 Å². The number of benzene rings is 3. The van der Waals surface area contributed by atoms with Crippen LogP contribution in [-0.4, -0.2) is 54.1 Å². The smallest absolute Gasteiger partial charge is 0.409 e. The van der Waals surface area contributed by atoms with Crippen LogP contribution in [0.5, 0.6) is 5.75 Å². The zero-order valence-corrected chi connectivity index (χ0v) is 22.7. The highest BCUT2D eigenvalue weighted by Gasteiger charge is 2.16. The molecule has 10 nitrogen and oxygen atoms in total. The lowest BCUT2D eigenvalue weighted by Crippen LogP contribution is -2.30. The zero-order chi connectivity index (χ0) is 28.8. The molecule has 10 heteroatoms. The van der Waals surface area contributed by atoms with Gasteiger partial charge in [0.25, 0.3) is 11.5 Å². The summed E-state index contributed by atoms with van der Waals surface area (Å²) in [6, 6.07) is 23.2. The number of nitrogens with one attached hydrogen (secondary N) is 4. The lowest BCUT2D eigenvalue weighted by atomic mass is 10.1. The van der Waals surface area contributed by atoms with Crippen LogP contribution in [0.25, 0.3) is 21.8 Å². The molecule has 2 heterocycles. The van der Waals surface area contributed by atoms with Crippen molar-refractivity contribution in [1.82, 2.24) is 20.2 Å². The molecule has 0 spiro atoms. The number of hydrogen-bond donors (Lipinski definition) is 4. The lowest BCUT2D eigenvalue weighted by molar-refractivity contribution is 0.102. The average molecular weight is 551 g/mol. The molecule has 5 aromatic rings. The summed E-state index contributed by atoms with van der Waals surface area (Å²) in [5.41, 5.74) is 2.67. The molecule has 5 rings (SSSR count). The lowest BCUT2D eigenvalue weighted by Gasteiger charge is -2.14. The first-order valence-electron chi connectivity index (χ1n) is 13.2. The zero-order valence-electron chi connectivity index (χ0n) is 22.7. The van der Waals surface area contributed by atoms with Crippen molar-refractivity contribution in [2.24, 2.45) is 0 Å². The van der Waals surface area contributed by atoms with Gasteiger partial charge in [-0.3, -0.25) is 9.59 Å². The fourth-order valence-electron chi connectivity index (χ4n) is 4.47. The van der Waals surface area contributed by atoms with Crippen molar-refractivity contribution < 1.29 is 14.3 Å². The number of rotatable bonds is 9.